The fourth-order valence-corrected chi connectivity index (χ4v) is 4.80. The van der Waals surface area contributed by atoms with E-state index in [0.717, 1.165) is 0 Å². The highest BCUT2D eigenvalue weighted by Crippen LogP contribution is 2.36. The lowest BCUT2D eigenvalue weighted by atomic mass is 10.1. The molecule has 0 atom stereocenters. The average Bonchev–Trinajstić information content (AvgIpc) is 2.80. The minimum absolute atomic E-state index is 0.00329. The predicted molar refractivity (Wildman–Crippen MR) is 120 cm³/mol. The van der Waals surface area contributed by atoms with Gasteiger partial charge in [0.05, 0.1) is 33.7 Å². The third kappa shape index (κ3) is 3.69. The number of phenolic OH excluding ortho intramolecular Hbond substituents is 1. The van der Waals surface area contributed by atoms with Crippen molar-refractivity contribution in [2.75, 3.05) is 12.4 Å². The Hall–Kier alpha value is -4.11. The number of aromatic hydroxyl groups is 1. The second-order valence-electron chi connectivity index (χ2n) is 6.89. The molecule has 9 heteroatoms. The summed E-state index contributed by atoms with van der Waals surface area (Å²) in [4.78, 5) is 16.5. The van der Waals surface area contributed by atoms with E-state index in [1.54, 1.807) is 36.4 Å². The lowest BCUT2D eigenvalue weighted by Gasteiger charge is -2.16. The number of phenols is 1. The highest BCUT2D eigenvalue weighted by atomic mass is 32.2. The molecule has 0 radical (unpaired) electrons. The number of pyridine rings is 1. The number of fused-ring (bicyclic) bond motifs is 1. The molecule has 1 amide bonds. The van der Waals surface area contributed by atoms with Crippen molar-refractivity contribution < 1.29 is 23.1 Å². The second-order valence-corrected chi connectivity index (χ2v) is 8.81. The first kappa shape index (κ1) is 21.1. The van der Waals surface area contributed by atoms with Gasteiger partial charge in [-0.05, 0) is 30.3 Å². The van der Waals surface area contributed by atoms with Crippen LogP contribution in [0.15, 0.2) is 82.7 Å². The summed E-state index contributed by atoms with van der Waals surface area (Å²) in [5.74, 6) is -0.561. The van der Waals surface area contributed by atoms with Gasteiger partial charge in [-0.3, -0.25) is 9.78 Å². The Balaban J connectivity index is 1.94. The number of methoxy groups -OCH3 is 1. The van der Waals surface area contributed by atoms with Gasteiger partial charge >= 0.3 is 0 Å². The topological polar surface area (TPSA) is 132 Å². The SMILES string of the molecule is COc1cc(Nc2c(C(N)=O)cnc3c(S(=O)(=O)c4ccccc4)cccc23)ccc1O. The standard InChI is InChI=1S/C23H19N3O5S/c1-31-19-12-14(10-11-18(19)27)26-21-16-8-5-9-20(22(16)25-13-17(21)23(24)28)32(29,30)15-6-3-2-4-7-15/h2-13,27H,1H3,(H2,24,28)(H,25,26). The maximum absolute atomic E-state index is 13.3. The van der Waals surface area contributed by atoms with Crippen LogP contribution in [0, 0.1) is 0 Å². The summed E-state index contributed by atoms with van der Waals surface area (Å²) in [6, 6.07) is 17.3. The van der Waals surface area contributed by atoms with Crippen molar-refractivity contribution in [3.63, 3.8) is 0 Å². The van der Waals surface area contributed by atoms with Crippen molar-refractivity contribution >= 4 is 38.0 Å². The van der Waals surface area contributed by atoms with E-state index in [2.05, 4.69) is 10.3 Å². The number of amides is 1. The van der Waals surface area contributed by atoms with Crippen LogP contribution in [-0.4, -0.2) is 31.5 Å². The largest absolute Gasteiger partial charge is 0.504 e. The summed E-state index contributed by atoms with van der Waals surface area (Å²) in [6.45, 7) is 0. The predicted octanol–water partition coefficient (Wildman–Crippen LogP) is 3.62. The zero-order chi connectivity index (χ0) is 22.9. The molecular weight excluding hydrogens is 430 g/mol. The number of ether oxygens (including phenoxy) is 1. The lowest BCUT2D eigenvalue weighted by Crippen LogP contribution is -2.14. The number of para-hydroxylation sites is 1. The molecule has 0 bridgehead atoms. The first-order chi connectivity index (χ1) is 15.3. The summed E-state index contributed by atoms with van der Waals surface area (Å²) >= 11 is 0. The van der Waals surface area contributed by atoms with Crippen molar-refractivity contribution in [1.82, 2.24) is 4.98 Å². The maximum Gasteiger partial charge on any atom is 0.252 e. The number of benzene rings is 3. The number of sulfone groups is 1. The number of rotatable bonds is 6. The van der Waals surface area contributed by atoms with Gasteiger partial charge in [0.15, 0.2) is 11.5 Å². The summed E-state index contributed by atoms with van der Waals surface area (Å²) < 4.78 is 31.6. The molecule has 0 saturated heterocycles. The fourth-order valence-electron chi connectivity index (χ4n) is 3.36. The molecule has 1 aromatic heterocycles. The Bertz CT molecular complexity index is 1440. The van der Waals surface area contributed by atoms with Crippen LogP contribution in [0.3, 0.4) is 0 Å². The smallest absolute Gasteiger partial charge is 0.252 e. The van der Waals surface area contributed by atoms with Crippen LogP contribution in [0.25, 0.3) is 10.9 Å². The van der Waals surface area contributed by atoms with Gasteiger partial charge in [-0.15, -0.1) is 0 Å². The van der Waals surface area contributed by atoms with Gasteiger partial charge in [-0.25, -0.2) is 8.42 Å². The second kappa shape index (κ2) is 8.20. The molecule has 0 aliphatic carbocycles. The van der Waals surface area contributed by atoms with Crippen LogP contribution < -0.4 is 15.8 Å². The zero-order valence-electron chi connectivity index (χ0n) is 16.9. The quantitative estimate of drug-likeness (QED) is 0.383. The van der Waals surface area contributed by atoms with Crippen molar-refractivity contribution in [2.24, 2.45) is 5.73 Å². The molecule has 0 fully saturated rings. The van der Waals surface area contributed by atoms with Crippen molar-refractivity contribution in [1.29, 1.82) is 0 Å². The van der Waals surface area contributed by atoms with Gasteiger partial charge in [0.25, 0.3) is 5.91 Å². The van der Waals surface area contributed by atoms with E-state index >= 15 is 0 Å². The van der Waals surface area contributed by atoms with E-state index in [-0.39, 0.29) is 32.4 Å². The number of nitrogens with two attached hydrogens (primary N) is 1. The Labute approximate surface area is 184 Å². The monoisotopic (exact) mass is 449 g/mol. The number of nitrogens with zero attached hydrogens (tertiary/aromatic N) is 1. The molecule has 0 aliphatic heterocycles. The Morgan fingerprint density at radius 1 is 1.06 bits per heavy atom. The van der Waals surface area contributed by atoms with E-state index < -0.39 is 15.7 Å². The molecule has 8 nitrogen and oxygen atoms in total. The normalized spacial score (nSPS) is 11.3. The molecule has 4 N–H and O–H groups in total. The summed E-state index contributed by atoms with van der Waals surface area (Å²) in [7, 11) is -2.45. The molecule has 1 heterocycles. The first-order valence-corrected chi connectivity index (χ1v) is 11.0. The van der Waals surface area contributed by atoms with Gasteiger partial charge in [0.2, 0.25) is 9.84 Å². The molecular formula is C23H19N3O5S. The van der Waals surface area contributed by atoms with Gasteiger partial charge in [0, 0.05) is 23.3 Å². The number of anilines is 2. The van der Waals surface area contributed by atoms with Crippen LogP contribution in [0.1, 0.15) is 10.4 Å². The summed E-state index contributed by atoms with van der Waals surface area (Å²) in [5.41, 5.74) is 6.61. The van der Waals surface area contributed by atoms with Crippen LogP contribution in [0.2, 0.25) is 0 Å². The van der Waals surface area contributed by atoms with Crippen LogP contribution in [0.5, 0.6) is 11.5 Å². The van der Waals surface area contributed by atoms with Crippen LogP contribution in [-0.2, 0) is 9.84 Å². The molecule has 0 saturated carbocycles. The minimum Gasteiger partial charge on any atom is -0.504 e. The molecule has 0 aliphatic rings. The van der Waals surface area contributed by atoms with Crippen molar-refractivity contribution in [3.05, 3.63) is 78.5 Å². The number of primary amides is 1. The van der Waals surface area contributed by atoms with E-state index in [9.17, 15) is 18.3 Å². The summed E-state index contributed by atoms with van der Waals surface area (Å²) in [5, 5.41) is 13.3. The van der Waals surface area contributed by atoms with Crippen molar-refractivity contribution in [3.8, 4) is 11.5 Å². The molecule has 4 rings (SSSR count). The zero-order valence-corrected chi connectivity index (χ0v) is 17.8. The third-order valence-corrected chi connectivity index (χ3v) is 6.72. The summed E-state index contributed by atoms with van der Waals surface area (Å²) in [6.07, 6.45) is 1.24. The van der Waals surface area contributed by atoms with Gasteiger partial charge in [-0.1, -0.05) is 30.3 Å². The highest BCUT2D eigenvalue weighted by molar-refractivity contribution is 7.91. The molecule has 0 unspecified atom stereocenters. The third-order valence-electron chi connectivity index (χ3n) is 4.92. The molecule has 32 heavy (non-hydrogen) atoms. The Kier molecular flexibility index (Phi) is 5.41. The fraction of sp³-hybridized carbons (Fsp3) is 0.0435. The van der Waals surface area contributed by atoms with E-state index in [1.807, 2.05) is 0 Å². The number of nitrogens with one attached hydrogen (secondary N) is 1. The van der Waals surface area contributed by atoms with Crippen LogP contribution >= 0.6 is 0 Å². The number of hydrogen-bond donors (Lipinski definition) is 3. The number of aromatic nitrogens is 1. The lowest BCUT2D eigenvalue weighted by molar-refractivity contribution is 0.100. The Morgan fingerprint density at radius 3 is 2.50 bits per heavy atom. The van der Waals surface area contributed by atoms with E-state index in [0.29, 0.717) is 16.8 Å². The number of carbonyl (C=O) groups is 1. The van der Waals surface area contributed by atoms with Gasteiger partial charge in [-0.2, -0.15) is 0 Å². The average molecular weight is 449 g/mol. The van der Waals surface area contributed by atoms with Crippen LogP contribution in [0.4, 0.5) is 11.4 Å². The molecule has 0 spiro atoms. The maximum atomic E-state index is 13.3. The van der Waals surface area contributed by atoms with E-state index in [4.69, 9.17) is 10.5 Å². The first-order valence-electron chi connectivity index (χ1n) is 9.48. The minimum atomic E-state index is -3.86. The Morgan fingerprint density at radius 2 is 1.81 bits per heavy atom. The number of carbonyl (C=O) groups excluding carboxylic acids is 1. The van der Waals surface area contributed by atoms with Crippen molar-refractivity contribution in [2.45, 2.75) is 9.79 Å². The molecule has 4 aromatic rings. The highest BCUT2D eigenvalue weighted by Gasteiger charge is 2.23. The van der Waals surface area contributed by atoms with Gasteiger partial charge < -0.3 is 20.9 Å². The molecule has 3 aromatic carbocycles. The number of hydrogen-bond acceptors (Lipinski definition) is 7. The molecule has 162 valence electrons. The van der Waals surface area contributed by atoms with Gasteiger partial charge in [0.1, 0.15) is 0 Å². The van der Waals surface area contributed by atoms with E-state index in [1.165, 1.54) is 43.6 Å².